The summed E-state index contributed by atoms with van der Waals surface area (Å²) in [4.78, 5) is 25.0. The number of para-hydroxylation sites is 1. The zero-order valence-corrected chi connectivity index (χ0v) is 19.3. The Bertz CT molecular complexity index is 1330. The van der Waals surface area contributed by atoms with Crippen LogP contribution < -0.4 is 9.62 Å². The Kier molecular flexibility index (Phi) is 6.40. The highest BCUT2D eigenvalue weighted by atomic mass is 35.5. The van der Waals surface area contributed by atoms with Crippen LogP contribution in [0, 0.1) is 0 Å². The third-order valence-corrected chi connectivity index (χ3v) is 7.29. The van der Waals surface area contributed by atoms with E-state index in [1.54, 1.807) is 36.4 Å². The first-order valence-electron chi connectivity index (χ1n) is 10.2. The van der Waals surface area contributed by atoms with Crippen molar-refractivity contribution in [2.24, 2.45) is 0 Å². The number of hydrogen-bond donors (Lipinski definition) is 1. The van der Waals surface area contributed by atoms with Crippen LogP contribution in [0.15, 0.2) is 77.7 Å². The minimum Gasteiger partial charge on any atom is -0.449 e. The predicted molar refractivity (Wildman–Crippen MR) is 126 cm³/mol. The molecule has 1 aliphatic rings. The third kappa shape index (κ3) is 4.86. The highest BCUT2D eigenvalue weighted by molar-refractivity contribution is 7.92. The lowest BCUT2D eigenvalue weighted by Gasteiger charge is -2.20. The van der Waals surface area contributed by atoms with E-state index >= 15 is 0 Å². The van der Waals surface area contributed by atoms with Crippen LogP contribution in [0.3, 0.4) is 0 Å². The molecule has 0 saturated carbocycles. The number of nitrogens with one attached hydrogen (secondary N) is 1. The van der Waals surface area contributed by atoms with E-state index in [-0.39, 0.29) is 10.5 Å². The number of carbonyl (C=O) groups excluding carboxylic acids is 2. The van der Waals surface area contributed by atoms with Crippen LogP contribution in [0.5, 0.6) is 0 Å². The van der Waals surface area contributed by atoms with Crippen molar-refractivity contribution in [2.45, 2.75) is 24.3 Å². The Balaban J connectivity index is 1.48. The van der Waals surface area contributed by atoms with E-state index in [0.717, 1.165) is 5.56 Å². The second kappa shape index (κ2) is 9.25. The maximum atomic E-state index is 13.2. The van der Waals surface area contributed by atoms with Crippen molar-refractivity contribution in [3.8, 4) is 0 Å². The summed E-state index contributed by atoms with van der Waals surface area (Å²) in [7, 11) is -3.86. The molecule has 0 saturated heterocycles. The van der Waals surface area contributed by atoms with Crippen molar-refractivity contribution in [2.75, 3.05) is 16.2 Å². The third-order valence-electron chi connectivity index (χ3n) is 5.25. The van der Waals surface area contributed by atoms with E-state index in [9.17, 15) is 18.0 Å². The van der Waals surface area contributed by atoms with Crippen molar-refractivity contribution in [1.29, 1.82) is 0 Å². The number of carbonyl (C=O) groups is 2. The number of hydrogen-bond acceptors (Lipinski definition) is 5. The maximum absolute atomic E-state index is 13.2. The number of nitrogens with zero attached hydrogens (tertiary/aromatic N) is 1. The second-order valence-electron chi connectivity index (χ2n) is 7.53. The summed E-state index contributed by atoms with van der Waals surface area (Å²) in [6.07, 6.45) is -0.488. The monoisotopic (exact) mass is 484 g/mol. The van der Waals surface area contributed by atoms with Gasteiger partial charge in [0.05, 0.1) is 16.1 Å². The van der Waals surface area contributed by atoms with E-state index in [2.05, 4.69) is 5.32 Å². The van der Waals surface area contributed by atoms with E-state index in [0.29, 0.717) is 29.4 Å². The molecule has 1 amide bonds. The fourth-order valence-electron chi connectivity index (χ4n) is 3.56. The van der Waals surface area contributed by atoms with Crippen LogP contribution in [0.25, 0.3) is 0 Å². The molecular weight excluding hydrogens is 464 g/mol. The van der Waals surface area contributed by atoms with Gasteiger partial charge in [0.15, 0.2) is 6.10 Å². The Labute approximate surface area is 197 Å². The molecule has 4 rings (SSSR count). The number of rotatable bonds is 6. The fraction of sp³-hybridized carbons (Fsp3) is 0.167. The molecule has 7 nitrogen and oxygen atoms in total. The first-order valence-corrected chi connectivity index (χ1v) is 12.1. The van der Waals surface area contributed by atoms with Gasteiger partial charge in [0, 0.05) is 17.3 Å². The van der Waals surface area contributed by atoms with Gasteiger partial charge in [-0.2, -0.15) is 0 Å². The standard InChI is InChI=1S/C24H21ClN2O5S/c1-16(23(28)26-20-9-5-8-19(25)15-20)32-24(29)18-7-4-10-21(14-18)33(30,31)27-13-12-17-6-2-3-11-22(17)27/h2-11,14-16H,12-13H2,1H3,(H,26,28). The first-order chi connectivity index (χ1) is 15.8. The van der Waals surface area contributed by atoms with E-state index in [1.807, 2.05) is 12.1 Å². The molecule has 0 radical (unpaired) electrons. The molecule has 1 atom stereocenters. The van der Waals surface area contributed by atoms with E-state index < -0.39 is 28.0 Å². The SMILES string of the molecule is CC(OC(=O)c1cccc(S(=O)(=O)N2CCc3ccccc32)c1)C(=O)Nc1cccc(Cl)c1. The lowest BCUT2D eigenvalue weighted by molar-refractivity contribution is -0.123. The average molecular weight is 485 g/mol. The summed E-state index contributed by atoms with van der Waals surface area (Å²) in [5.41, 5.74) is 2.09. The lowest BCUT2D eigenvalue weighted by Crippen LogP contribution is -2.30. The molecule has 33 heavy (non-hydrogen) atoms. The molecule has 1 N–H and O–H groups in total. The van der Waals surface area contributed by atoms with Gasteiger partial charge in [-0.3, -0.25) is 9.10 Å². The van der Waals surface area contributed by atoms with Crippen molar-refractivity contribution < 1.29 is 22.7 Å². The Morgan fingerprint density at radius 1 is 1.03 bits per heavy atom. The number of amides is 1. The van der Waals surface area contributed by atoms with Gasteiger partial charge in [0.1, 0.15) is 0 Å². The average Bonchev–Trinajstić information content (AvgIpc) is 3.24. The van der Waals surface area contributed by atoms with Gasteiger partial charge >= 0.3 is 5.97 Å². The highest BCUT2D eigenvalue weighted by Gasteiger charge is 2.31. The molecule has 3 aromatic carbocycles. The van der Waals surface area contributed by atoms with Gasteiger partial charge < -0.3 is 10.1 Å². The first kappa shape index (κ1) is 22.8. The molecule has 0 aliphatic carbocycles. The number of halogens is 1. The molecule has 1 aliphatic heterocycles. The number of ether oxygens (including phenoxy) is 1. The summed E-state index contributed by atoms with van der Waals surface area (Å²) in [6, 6.07) is 19.5. The van der Waals surface area contributed by atoms with Gasteiger partial charge in [-0.05, 0) is 61.4 Å². The quantitative estimate of drug-likeness (QED) is 0.527. The highest BCUT2D eigenvalue weighted by Crippen LogP contribution is 2.32. The van der Waals surface area contributed by atoms with Crippen LogP contribution >= 0.6 is 11.6 Å². The van der Waals surface area contributed by atoms with Crippen LogP contribution in [0.4, 0.5) is 11.4 Å². The van der Waals surface area contributed by atoms with Crippen molar-refractivity contribution >= 4 is 44.9 Å². The van der Waals surface area contributed by atoms with Crippen LogP contribution in [-0.2, 0) is 26.0 Å². The molecule has 0 fully saturated rings. The smallest absolute Gasteiger partial charge is 0.338 e. The van der Waals surface area contributed by atoms with Crippen LogP contribution in [-0.4, -0.2) is 32.9 Å². The van der Waals surface area contributed by atoms with Crippen molar-refractivity contribution in [3.63, 3.8) is 0 Å². The summed E-state index contributed by atoms with van der Waals surface area (Å²) in [5, 5.41) is 3.07. The van der Waals surface area contributed by atoms with Gasteiger partial charge in [-0.15, -0.1) is 0 Å². The van der Waals surface area contributed by atoms with Gasteiger partial charge in [0.2, 0.25) is 0 Å². The topological polar surface area (TPSA) is 92.8 Å². The predicted octanol–water partition coefficient (Wildman–Crippen LogP) is 4.28. The molecular formula is C24H21ClN2O5S. The van der Waals surface area contributed by atoms with Crippen LogP contribution in [0.2, 0.25) is 5.02 Å². The number of esters is 1. The Morgan fingerprint density at radius 2 is 1.79 bits per heavy atom. The maximum Gasteiger partial charge on any atom is 0.338 e. The van der Waals surface area contributed by atoms with E-state index in [1.165, 1.54) is 35.5 Å². The lowest BCUT2D eigenvalue weighted by atomic mass is 10.2. The Morgan fingerprint density at radius 3 is 2.58 bits per heavy atom. The summed E-state index contributed by atoms with van der Waals surface area (Å²) >= 11 is 5.91. The molecule has 3 aromatic rings. The summed E-state index contributed by atoms with van der Waals surface area (Å²) in [6.45, 7) is 1.76. The molecule has 1 unspecified atom stereocenters. The molecule has 9 heteroatoms. The molecule has 1 heterocycles. The van der Waals surface area contributed by atoms with Gasteiger partial charge in [0.25, 0.3) is 15.9 Å². The van der Waals surface area contributed by atoms with Gasteiger partial charge in [-0.1, -0.05) is 41.9 Å². The Hall–Kier alpha value is -3.36. The number of fused-ring (bicyclic) bond motifs is 1. The fourth-order valence-corrected chi connectivity index (χ4v) is 5.30. The normalized spacial score (nSPS) is 13.8. The molecule has 170 valence electrons. The molecule has 0 aromatic heterocycles. The zero-order chi connectivity index (χ0) is 23.6. The minimum absolute atomic E-state index is 0.0234. The molecule has 0 spiro atoms. The zero-order valence-electron chi connectivity index (χ0n) is 17.7. The summed E-state index contributed by atoms with van der Waals surface area (Å²) in [5.74, 6) is -1.34. The second-order valence-corrected chi connectivity index (χ2v) is 9.83. The van der Waals surface area contributed by atoms with Crippen molar-refractivity contribution in [3.05, 3.63) is 88.9 Å². The number of anilines is 2. The van der Waals surface area contributed by atoms with Crippen LogP contribution in [0.1, 0.15) is 22.8 Å². The largest absolute Gasteiger partial charge is 0.449 e. The van der Waals surface area contributed by atoms with Gasteiger partial charge in [-0.25, -0.2) is 13.2 Å². The molecule has 0 bridgehead atoms. The number of sulfonamides is 1. The van der Waals surface area contributed by atoms with Crippen molar-refractivity contribution in [1.82, 2.24) is 0 Å². The number of benzene rings is 3. The van der Waals surface area contributed by atoms with E-state index in [4.69, 9.17) is 16.3 Å². The minimum atomic E-state index is -3.86. The summed E-state index contributed by atoms with van der Waals surface area (Å²) < 4.78 is 33.1.